The number of rotatable bonds is 2. The molecule has 0 aliphatic rings. The van der Waals surface area contributed by atoms with Crippen molar-refractivity contribution in [1.82, 2.24) is 5.32 Å². The number of halogens is 1. The molecule has 1 unspecified atom stereocenters. The lowest BCUT2D eigenvalue weighted by Crippen LogP contribution is -1.96. The van der Waals surface area contributed by atoms with Crippen molar-refractivity contribution in [3.8, 4) is 0 Å². The van der Waals surface area contributed by atoms with Gasteiger partial charge in [0.05, 0.1) is 0 Å². The third kappa shape index (κ3) is 17.9. The Bertz CT molecular complexity index is 40.0. The molecule has 0 aliphatic carbocycles. The van der Waals surface area contributed by atoms with E-state index in [1.54, 1.807) is 7.11 Å². The summed E-state index contributed by atoms with van der Waals surface area (Å²) in [5, 5.41) is 2.75. The summed E-state index contributed by atoms with van der Waals surface area (Å²) in [6.07, 6.45) is 0.873. The van der Waals surface area contributed by atoms with Crippen LogP contribution in [0.3, 0.4) is 0 Å². The number of hydrogen-bond acceptors (Lipinski definition) is 2. The van der Waals surface area contributed by atoms with E-state index < -0.39 is 0 Å². The Morgan fingerprint density at radius 3 is 1.89 bits per heavy atom. The minimum Gasteiger partial charge on any atom is -0.366 e. The predicted molar refractivity (Wildman–Crippen MR) is 41.9 cm³/mol. The van der Waals surface area contributed by atoms with E-state index in [1.807, 2.05) is 21.0 Å². The van der Waals surface area contributed by atoms with Crippen LogP contribution >= 0.6 is 11.6 Å². The molecule has 0 saturated carbocycles. The van der Waals surface area contributed by atoms with Gasteiger partial charge in [0.15, 0.2) is 0 Å². The van der Waals surface area contributed by atoms with Gasteiger partial charge in [-0.3, -0.25) is 0 Å². The van der Waals surface area contributed by atoms with Crippen LogP contribution in [0, 0.1) is 0 Å². The van der Waals surface area contributed by atoms with Crippen LogP contribution in [0.1, 0.15) is 13.3 Å². The average Bonchev–Trinajstić information content (AvgIpc) is 1.88. The second kappa shape index (κ2) is 11.1. The fourth-order valence-electron chi connectivity index (χ4n) is 0.167. The average molecular weight is 154 g/mol. The molecule has 0 bridgehead atoms. The Morgan fingerprint density at radius 2 is 1.89 bits per heavy atom. The van der Waals surface area contributed by atoms with Crippen LogP contribution < -0.4 is 5.32 Å². The molecule has 0 heterocycles. The zero-order chi connectivity index (χ0) is 7.70. The van der Waals surface area contributed by atoms with Crippen LogP contribution in [0.5, 0.6) is 0 Å². The molecule has 0 aliphatic heterocycles. The molecule has 0 aromatic carbocycles. The fraction of sp³-hybridized carbons (Fsp3) is 1.00. The summed E-state index contributed by atoms with van der Waals surface area (Å²) >= 11 is 5.43. The predicted octanol–water partition coefficient (Wildman–Crippen LogP) is 1.44. The van der Waals surface area contributed by atoms with Crippen molar-refractivity contribution >= 4 is 11.6 Å². The summed E-state index contributed by atoms with van der Waals surface area (Å²) in [6, 6.07) is 0. The van der Waals surface area contributed by atoms with Gasteiger partial charge in [-0.15, -0.1) is 0 Å². The third-order valence-electron chi connectivity index (χ3n) is 0.577. The van der Waals surface area contributed by atoms with E-state index in [4.69, 9.17) is 11.6 Å². The third-order valence-corrected chi connectivity index (χ3v) is 1.06. The fourth-order valence-corrected chi connectivity index (χ4v) is 0.167. The molecule has 0 fully saturated rings. The Kier molecular flexibility index (Phi) is 14.7. The van der Waals surface area contributed by atoms with Gasteiger partial charge in [0.1, 0.15) is 5.56 Å². The van der Waals surface area contributed by atoms with E-state index in [9.17, 15) is 0 Å². The maximum absolute atomic E-state index is 5.43. The topological polar surface area (TPSA) is 21.3 Å². The van der Waals surface area contributed by atoms with Gasteiger partial charge in [0.25, 0.3) is 0 Å². The van der Waals surface area contributed by atoms with Crippen LogP contribution in [0.15, 0.2) is 0 Å². The Morgan fingerprint density at radius 1 is 1.56 bits per heavy atom. The molecule has 2 nitrogen and oxygen atoms in total. The van der Waals surface area contributed by atoms with Gasteiger partial charge in [0, 0.05) is 7.11 Å². The summed E-state index contributed by atoms with van der Waals surface area (Å²) in [6.45, 7) is 1.97. The van der Waals surface area contributed by atoms with Gasteiger partial charge < -0.3 is 10.1 Å². The van der Waals surface area contributed by atoms with E-state index >= 15 is 0 Å². The van der Waals surface area contributed by atoms with Crippen molar-refractivity contribution in [3.63, 3.8) is 0 Å². The van der Waals surface area contributed by atoms with E-state index in [0.717, 1.165) is 6.42 Å². The van der Waals surface area contributed by atoms with Crippen molar-refractivity contribution in [3.05, 3.63) is 0 Å². The minimum atomic E-state index is -0.0926. The summed E-state index contributed by atoms with van der Waals surface area (Å²) in [4.78, 5) is 0. The zero-order valence-corrected chi connectivity index (χ0v) is 7.33. The first kappa shape index (κ1) is 11.9. The van der Waals surface area contributed by atoms with Gasteiger partial charge in [-0.2, -0.15) is 0 Å². The van der Waals surface area contributed by atoms with Crippen molar-refractivity contribution in [1.29, 1.82) is 0 Å². The highest BCUT2D eigenvalue weighted by Crippen LogP contribution is 1.98. The van der Waals surface area contributed by atoms with Crippen LogP contribution in [0.25, 0.3) is 0 Å². The Balaban J connectivity index is 0. The van der Waals surface area contributed by atoms with Crippen LogP contribution in [0.2, 0.25) is 0 Å². The second-order valence-electron chi connectivity index (χ2n) is 1.55. The number of hydrogen-bond donors (Lipinski definition) is 1. The Hall–Kier alpha value is 0.210. The van der Waals surface area contributed by atoms with Gasteiger partial charge in [-0.1, -0.05) is 18.5 Å². The molecule has 0 spiro atoms. The molecule has 0 aromatic heterocycles. The number of ether oxygens (including phenoxy) is 1. The first-order valence-electron chi connectivity index (χ1n) is 2.98. The first-order chi connectivity index (χ1) is 4.22. The van der Waals surface area contributed by atoms with E-state index in [2.05, 4.69) is 10.1 Å². The molecule has 3 heteroatoms. The lowest BCUT2D eigenvalue weighted by Gasteiger charge is -1.98. The van der Waals surface area contributed by atoms with Gasteiger partial charge in [-0.05, 0) is 20.5 Å². The van der Waals surface area contributed by atoms with Crippen molar-refractivity contribution < 1.29 is 4.74 Å². The van der Waals surface area contributed by atoms with E-state index in [-0.39, 0.29) is 5.56 Å². The maximum atomic E-state index is 5.43. The molecular formula is C6H16ClNO. The molecule has 0 aromatic rings. The first-order valence-corrected chi connectivity index (χ1v) is 3.41. The normalized spacial score (nSPS) is 11.7. The number of nitrogens with one attached hydrogen (secondary N) is 1. The molecule has 0 amide bonds. The molecule has 58 valence electrons. The molecular weight excluding hydrogens is 138 g/mol. The quantitative estimate of drug-likeness (QED) is 0.607. The van der Waals surface area contributed by atoms with Crippen LogP contribution in [-0.4, -0.2) is 26.8 Å². The van der Waals surface area contributed by atoms with Crippen molar-refractivity contribution in [2.45, 2.75) is 18.9 Å². The summed E-state index contributed by atoms with van der Waals surface area (Å²) in [5.74, 6) is 0. The molecule has 9 heavy (non-hydrogen) atoms. The highest BCUT2D eigenvalue weighted by atomic mass is 35.5. The monoisotopic (exact) mass is 153 g/mol. The maximum Gasteiger partial charge on any atom is 0.130 e. The molecule has 1 N–H and O–H groups in total. The summed E-state index contributed by atoms with van der Waals surface area (Å²) in [5.41, 5.74) is -0.0926. The zero-order valence-electron chi connectivity index (χ0n) is 6.57. The largest absolute Gasteiger partial charge is 0.366 e. The molecule has 0 rings (SSSR count). The van der Waals surface area contributed by atoms with E-state index in [1.165, 1.54) is 0 Å². The Labute approximate surface area is 62.5 Å². The van der Waals surface area contributed by atoms with Crippen molar-refractivity contribution in [2.24, 2.45) is 0 Å². The van der Waals surface area contributed by atoms with Gasteiger partial charge in [-0.25, -0.2) is 0 Å². The van der Waals surface area contributed by atoms with Gasteiger partial charge in [0.2, 0.25) is 0 Å². The SMILES string of the molecule is CCC(Cl)OC.CNC. The summed E-state index contributed by atoms with van der Waals surface area (Å²) in [7, 11) is 5.35. The van der Waals surface area contributed by atoms with Crippen LogP contribution in [-0.2, 0) is 4.74 Å². The molecule has 0 radical (unpaired) electrons. The molecule has 0 saturated heterocycles. The van der Waals surface area contributed by atoms with E-state index in [0.29, 0.717) is 0 Å². The molecule has 1 atom stereocenters. The lowest BCUT2D eigenvalue weighted by molar-refractivity contribution is 0.164. The standard InChI is InChI=1S/C4H9ClO.C2H7N/c1-3-4(5)6-2;1-3-2/h4H,3H2,1-2H3;3H,1-2H3. The van der Waals surface area contributed by atoms with Crippen molar-refractivity contribution in [2.75, 3.05) is 21.2 Å². The highest BCUT2D eigenvalue weighted by Gasteiger charge is 1.91. The van der Waals surface area contributed by atoms with Gasteiger partial charge >= 0.3 is 0 Å². The van der Waals surface area contributed by atoms with Crippen LogP contribution in [0.4, 0.5) is 0 Å². The lowest BCUT2D eigenvalue weighted by atomic mass is 10.5. The number of methoxy groups -OCH3 is 1. The second-order valence-corrected chi connectivity index (χ2v) is 2.04. The summed E-state index contributed by atoms with van der Waals surface area (Å²) < 4.78 is 4.66. The highest BCUT2D eigenvalue weighted by molar-refractivity contribution is 6.19. The number of alkyl halides is 1. The smallest absolute Gasteiger partial charge is 0.130 e. The minimum absolute atomic E-state index is 0.0926.